The first-order chi connectivity index (χ1) is 18.1. The topological polar surface area (TPSA) is 114 Å². The number of nitrogens with zero attached hydrogens (tertiary/aromatic N) is 2. The molecule has 2 N–H and O–H groups in total. The molecule has 0 saturated carbocycles. The lowest BCUT2D eigenvalue weighted by atomic mass is 10.1. The summed E-state index contributed by atoms with van der Waals surface area (Å²) in [6.45, 7) is 0.909. The molecule has 2 unspecified atom stereocenters. The van der Waals surface area contributed by atoms with Crippen LogP contribution in [0, 0.1) is 0 Å². The molecule has 2 fully saturated rings. The molecule has 2 aliphatic rings. The van der Waals surface area contributed by atoms with Gasteiger partial charge in [-0.2, -0.15) is 0 Å². The van der Waals surface area contributed by atoms with Crippen molar-refractivity contribution in [1.82, 2.24) is 20.2 Å². The molecule has 2 amide bonds. The Bertz CT molecular complexity index is 1230. The highest BCUT2D eigenvalue weighted by Crippen LogP contribution is 2.30. The van der Waals surface area contributed by atoms with E-state index in [1.165, 1.54) is 5.56 Å². The lowest BCUT2D eigenvalue weighted by molar-refractivity contribution is -0.172. The largest absolute Gasteiger partial charge is 0.434 e. The van der Waals surface area contributed by atoms with Crippen molar-refractivity contribution in [3.05, 3.63) is 89.5 Å². The number of nitrogens with one attached hydrogen (secondary N) is 2. The fraction of sp³-hybridized carbons (Fsp3) is 0.357. The van der Waals surface area contributed by atoms with E-state index in [9.17, 15) is 14.4 Å². The van der Waals surface area contributed by atoms with Gasteiger partial charge in [0.2, 0.25) is 12.2 Å². The van der Waals surface area contributed by atoms with Gasteiger partial charge in [0.15, 0.2) is 5.82 Å². The number of imide groups is 1. The molecule has 9 nitrogen and oxygen atoms in total. The molecule has 3 heterocycles. The van der Waals surface area contributed by atoms with E-state index in [2.05, 4.69) is 27.4 Å². The van der Waals surface area contributed by atoms with Crippen LogP contribution >= 0.6 is 0 Å². The third-order valence-corrected chi connectivity index (χ3v) is 6.82. The van der Waals surface area contributed by atoms with Gasteiger partial charge in [0, 0.05) is 11.9 Å². The van der Waals surface area contributed by atoms with Crippen LogP contribution < -0.4 is 5.32 Å². The summed E-state index contributed by atoms with van der Waals surface area (Å²) in [5.74, 6) is -1.24. The minimum absolute atomic E-state index is 0.101. The summed E-state index contributed by atoms with van der Waals surface area (Å²) in [6.07, 6.45) is 3.86. The number of esters is 1. The van der Waals surface area contributed by atoms with E-state index in [-0.39, 0.29) is 18.2 Å². The van der Waals surface area contributed by atoms with Crippen molar-refractivity contribution in [3.8, 4) is 0 Å². The third-order valence-electron chi connectivity index (χ3n) is 6.82. The molecule has 9 heteroatoms. The van der Waals surface area contributed by atoms with Crippen LogP contribution in [0.5, 0.6) is 0 Å². The average Bonchev–Trinajstić information content (AvgIpc) is 3.67. The zero-order chi connectivity index (χ0) is 25.6. The van der Waals surface area contributed by atoms with Crippen molar-refractivity contribution in [3.63, 3.8) is 0 Å². The molecule has 37 heavy (non-hydrogen) atoms. The molecule has 0 bridgehead atoms. The number of aryl methyl sites for hydroxylation is 2. The van der Waals surface area contributed by atoms with Crippen LogP contribution in [0.15, 0.2) is 66.9 Å². The quantitative estimate of drug-likeness (QED) is 0.342. The van der Waals surface area contributed by atoms with E-state index in [1.807, 2.05) is 53.4 Å². The van der Waals surface area contributed by atoms with Crippen LogP contribution in [-0.2, 0) is 38.5 Å². The number of benzene rings is 2. The van der Waals surface area contributed by atoms with Gasteiger partial charge in [0.25, 0.3) is 5.91 Å². The first kappa shape index (κ1) is 24.9. The van der Waals surface area contributed by atoms with Gasteiger partial charge in [0.1, 0.15) is 0 Å². The molecular weight excluding hydrogens is 472 g/mol. The molecule has 2 aromatic carbocycles. The highest BCUT2D eigenvalue weighted by atomic mass is 16.7. The van der Waals surface area contributed by atoms with E-state index in [4.69, 9.17) is 9.47 Å². The maximum atomic E-state index is 13.1. The molecule has 3 aromatic rings. The Labute approximate surface area is 215 Å². The Balaban J connectivity index is 1.17. The number of H-pyrrole nitrogens is 1. The van der Waals surface area contributed by atoms with Crippen LogP contribution in [0.2, 0.25) is 0 Å². The summed E-state index contributed by atoms with van der Waals surface area (Å²) in [6, 6.07) is 18.7. The number of likely N-dealkylation sites (tertiary alicyclic amines) is 1. The molecule has 2 aliphatic heterocycles. The minimum atomic E-state index is -0.769. The molecule has 0 spiro atoms. The number of hydrogen-bond donors (Lipinski definition) is 2. The summed E-state index contributed by atoms with van der Waals surface area (Å²) in [4.78, 5) is 47.1. The zero-order valence-electron chi connectivity index (χ0n) is 20.5. The highest BCUT2D eigenvalue weighted by Gasteiger charge is 2.46. The number of hydrogen-bond acceptors (Lipinski definition) is 7. The van der Waals surface area contributed by atoms with E-state index in [1.54, 1.807) is 6.20 Å². The molecule has 192 valence electrons. The maximum absolute atomic E-state index is 13.1. The Morgan fingerprint density at radius 2 is 1.78 bits per heavy atom. The van der Waals surface area contributed by atoms with Crippen LogP contribution in [0.1, 0.15) is 46.7 Å². The first-order valence-corrected chi connectivity index (χ1v) is 12.6. The molecule has 2 saturated heterocycles. The standard InChI is InChI=1S/C28H30N4O5/c33-24-16-23(28(37-24)36-18-20-10-5-2-6-11-20)32-15-7-12-22(32)26(34)31-27(35)25-29-17-21(30-25)14-13-19-8-3-1-4-9-19/h1-6,8-11,17,22-23,28H,7,12-16,18H2,(H,29,30)(H,31,34,35)/t22-,23?,28?/m0/s1. The van der Waals surface area contributed by atoms with Crippen molar-refractivity contribution < 1.29 is 23.9 Å². The molecule has 3 atom stereocenters. The average molecular weight is 503 g/mol. The number of imidazole rings is 1. The number of carbonyl (C=O) groups excluding carboxylic acids is 3. The Morgan fingerprint density at radius 3 is 2.54 bits per heavy atom. The smallest absolute Gasteiger partial charge is 0.309 e. The van der Waals surface area contributed by atoms with Gasteiger partial charge in [-0.05, 0) is 43.4 Å². The van der Waals surface area contributed by atoms with E-state index < -0.39 is 30.2 Å². The molecule has 5 rings (SSSR count). The third kappa shape index (κ3) is 6.12. The second-order valence-electron chi connectivity index (χ2n) is 9.38. The van der Waals surface area contributed by atoms with Crippen molar-refractivity contribution in [2.24, 2.45) is 0 Å². The molecule has 0 radical (unpaired) electrons. The SMILES string of the molecule is O=C1CC(N2CCC[C@H]2C(=O)NC(=O)c2ncc(CCc3ccccc3)[nH]2)C(OCc2ccccc2)O1. The highest BCUT2D eigenvalue weighted by molar-refractivity contribution is 6.04. The summed E-state index contributed by atoms with van der Waals surface area (Å²) in [7, 11) is 0. The molecular formula is C28H30N4O5. The zero-order valence-corrected chi connectivity index (χ0v) is 20.5. The van der Waals surface area contributed by atoms with Crippen molar-refractivity contribution in [1.29, 1.82) is 0 Å². The maximum Gasteiger partial charge on any atom is 0.309 e. The number of cyclic esters (lactones) is 1. The normalized spacial score (nSPS) is 21.6. The van der Waals surface area contributed by atoms with Crippen LogP contribution in [0.3, 0.4) is 0 Å². The van der Waals surface area contributed by atoms with Gasteiger partial charge in [0.05, 0.1) is 25.1 Å². The Morgan fingerprint density at radius 1 is 1.05 bits per heavy atom. The number of aromatic amines is 1. The molecule has 1 aromatic heterocycles. The molecule has 0 aliphatic carbocycles. The fourth-order valence-corrected chi connectivity index (χ4v) is 4.94. The van der Waals surface area contributed by atoms with Gasteiger partial charge in [-0.25, -0.2) is 4.98 Å². The second kappa shape index (κ2) is 11.5. The van der Waals surface area contributed by atoms with Gasteiger partial charge in [-0.1, -0.05) is 60.7 Å². The number of amides is 2. The van der Waals surface area contributed by atoms with Crippen molar-refractivity contribution >= 4 is 17.8 Å². The summed E-state index contributed by atoms with van der Waals surface area (Å²) >= 11 is 0. The lowest BCUT2D eigenvalue weighted by Gasteiger charge is -2.31. The predicted octanol–water partition coefficient (Wildman–Crippen LogP) is 2.77. The second-order valence-corrected chi connectivity index (χ2v) is 9.38. The number of carbonyl (C=O) groups is 3. The lowest BCUT2D eigenvalue weighted by Crippen LogP contribution is -2.51. The summed E-state index contributed by atoms with van der Waals surface area (Å²) in [5.41, 5.74) is 2.98. The summed E-state index contributed by atoms with van der Waals surface area (Å²) < 4.78 is 11.4. The predicted molar refractivity (Wildman–Crippen MR) is 134 cm³/mol. The van der Waals surface area contributed by atoms with Crippen molar-refractivity contribution in [2.45, 2.75) is 57.1 Å². The van der Waals surface area contributed by atoms with E-state index in [0.29, 0.717) is 26.0 Å². The van der Waals surface area contributed by atoms with Crippen LogP contribution in [0.4, 0.5) is 0 Å². The fourth-order valence-electron chi connectivity index (χ4n) is 4.94. The number of aromatic nitrogens is 2. The Hall–Kier alpha value is -3.82. The number of ether oxygens (including phenoxy) is 2. The van der Waals surface area contributed by atoms with Gasteiger partial charge < -0.3 is 14.5 Å². The number of rotatable bonds is 9. The van der Waals surface area contributed by atoms with Gasteiger partial charge in [-0.3, -0.25) is 24.6 Å². The summed E-state index contributed by atoms with van der Waals surface area (Å²) in [5, 5.41) is 2.48. The van der Waals surface area contributed by atoms with Crippen molar-refractivity contribution in [2.75, 3.05) is 6.54 Å². The Kier molecular flexibility index (Phi) is 7.72. The van der Waals surface area contributed by atoms with Gasteiger partial charge >= 0.3 is 5.97 Å². The first-order valence-electron chi connectivity index (χ1n) is 12.6. The minimum Gasteiger partial charge on any atom is -0.434 e. The van der Waals surface area contributed by atoms with Gasteiger partial charge in [-0.15, -0.1) is 0 Å². The monoisotopic (exact) mass is 502 g/mol. The van der Waals surface area contributed by atoms with E-state index in [0.717, 1.165) is 24.1 Å². The van der Waals surface area contributed by atoms with Crippen LogP contribution in [0.25, 0.3) is 0 Å². The van der Waals surface area contributed by atoms with E-state index >= 15 is 0 Å². The van der Waals surface area contributed by atoms with Crippen LogP contribution in [-0.4, -0.2) is 57.6 Å².